The number of aryl methyl sites for hydroxylation is 4. The average Bonchev–Trinajstić information content (AvgIpc) is 2.78. The molecule has 0 aliphatic carbocycles. The van der Waals surface area contributed by atoms with Gasteiger partial charge in [0.05, 0.1) is 0 Å². The average molecular weight is 290 g/mol. The first kappa shape index (κ1) is 15.1. The van der Waals surface area contributed by atoms with Crippen molar-refractivity contribution in [3.05, 3.63) is 40.2 Å². The van der Waals surface area contributed by atoms with Crippen molar-refractivity contribution in [2.24, 2.45) is 0 Å². The second-order valence-electron chi connectivity index (χ2n) is 5.17. The summed E-state index contributed by atoms with van der Waals surface area (Å²) in [7, 11) is 2.01. The molecular formula is C15H22N4S. The molecule has 0 aliphatic rings. The Hall–Kier alpha value is -1.33. The number of rotatable bonds is 5. The standard InChI is InChI=1S/C15H22N4S/c1-9-6-10(2)14(11(3)7-9)13(16-5)8-20-15-17-12(4)18-19-15/h6-7,13,16H,8H2,1-5H3,(H,17,18,19). The second kappa shape index (κ2) is 6.41. The van der Waals surface area contributed by atoms with Gasteiger partial charge in [-0.05, 0) is 51.4 Å². The molecule has 0 radical (unpaired) electrons. The molecule has 0 amide bonds. The van der Waals surface area contributed by atoms with Gasteiger partial charge in [0, 0.05) is 11.8 Å². The van der Waals surface area contributed by atoms with Gasteiger partial charge in [0.2, 0.25) is 5.16 Å². The third-order valence-electron chi connectivity index (χ3n) is 3.39. The molecule has 0 saturated heterocycles. The molecule has 0 fully saturated rings. The minimum Gasteiger partial charge on any atom is -0.312 e. The monoisotopic (exact) mass is 290 g/mol. The largest absolute Gasteiger partial charge is 0.312 e. The fourth-order valence-corrected chi connectivity index (χ4v) is 3.56. The highest BCUT2D eigenvalue weighted by Crippen LogP contribution is 2.27. The molecule has 0 bridgehead atoms. The van der Waals surface area contributed by atoms with E-state index in [9.17, 15) is 0 Å². The molecule has 4 nitrogen and oxygen atoms in total. The molecule has 1 aromatic heterocycles. The third kappa shape index (κ3) is 3.41. The summed E-state index contributed by atoms with van der Waals surface area (Å²) in [5, 5.41) is 11.3. The Labute approximate surface area is 124 Å². The van der Waals surface area contributed by atoms with E-state index in [1.807, 2.05) is 14.0 Å². The number of nitrogens with zero attached hydrogens (tertiary/aromatic N) is 2. The van der Waals surface area contributed by atoms with Gasteiger partial charge in [0.25, 0.3) is 0 Å². The lowest BCUT2D eigenvalue weighted by molar-refractivity contribution is 0.652. The van der Waals surface area contributed by atoms with Gasteiger partial charge in [-0.2, -0.15) is 0 Å². The number of benzene rings is 1. The molecule has 1 atom stereocenters. The van der Waals surface area contributed by atoms with Gasteiger partial charge in [-0.1, -0.05) is 29.5 Å². The molecule has 5 heteroatoms. The Bertz CT molecular complexity index is 568. The van der Waals surface area contributed by atoms with Crippen LogP contribution in [0.1, 0.15) is 34.1 Å². The first-order valence-corrected chi connectivity index (χ1v) is 7.76. The summed E-state index contributed by atoms with van der Waals surface area (Å²) in [5.41, 5.74) is 5.39. The number of nitrogens with one attached hydrogen (secondary N) is 2. The molecule has 0 saturated carbocycles. The van der Waals surface area contributed by atoms with Crippen LogP contribution in [0.3, 0.4) is 0 Å². The van der Waals surface area contributed by atoms with Crippen LogP contribution >= 0.6 is 11.8 Å². The first-order valence-electron chi connectivity index (χ1n) is 6.78. The molecule has 1 heterocycles. The Balaban J connectivity index is 2.16. The lowest BCUT2D eigenvalue weighted by Gasteiger charge is -2.21. The van der Waals surface area contributed by atoms with Crippen molar-refractivity contribution >= 4 is 11.8 Å². The molecule has 0 aliphatic heterocycles. The Morgan fingerprint density at radius 1 is 1.20 bits per heavy atom. The number of aromatic amines is 1. The van der Waals surface area contributed by atoms with E-state index in [-0.39, 0.29) is 0 Å². The molecule has 1 aromatic carbocycles. The van der Waals surface area contributed by atoms with E-state index in [1.165, 1.54) is 22.3 Å². The molecule has 0 spiro atoms. The SMILES string of the molecule is CNC(CSc1n[nH]c(C)n1)c1c(C)cc(C)cc1C. The van der Waals surface area contributed by atoms with E-state index in [1.54, 1.807) is 11.8 Å². The lowest BCUT2D eigenvalue weighted by Crippen LogP contribution is -2.21. The van der Waals surface area contributed by atoms with Crippen molar-refractivity contribution in [3.8, 4) is 0 Å². The Morgan fingerprint density at radius 2 is 1.85 bits per heavy atom. The van der Waals surface area contributed by atoms with Crippen molar-refractivity contribution < 1.29 is 0 Å². The van der Waals surface area contributed by atoms with Crippen LogP contribution in [-0.2, 0) is 0 Å². The van der Waals surface area contributed by atoms with Crippen LogP contribution in [0.4, 0.5) is 0 Å². The van der Waals surface area contributed by atoms with E-state index in [4.69, 9.17) is 0 Å². The smallest absolute Gasteiger partial charge is 0.208 e. The number of H-pyrrole nitrogens is 1. The van der Waals surface area contributed by atoms with E-state index >= 15 is 0 Å². The van der Waals surface area contributed by atoms with Gasteiger partial charge in [0.1, 0.15) is 5.82 Å². The van der Waals surface area contributed by atoms with Crippen LogP contribution in [-0.4, -0.2) is 28.0 Å². The maximum absolute atomic E-state index is 4.34. The highest BCUT2D eigenvalue weighted by molar-refractivity contribution is 7.99. The zero-order valence-corrected chi connectivity index (χ0v) is 13.6. The summed E-state index contributed by atoms with van der Waals surface area (Å²) in [6.45, 7) is 8.42. The fraction of sp³-hybridized carbons (Fsp3) is 0.467. The van der Waals surface area contributed by atoms with Gasteiger partial charge in [0.15, 0.2) is 0 Å². The predicted molar refractivity (Wildman–Crippen MR) is 84.3 cm³/mol. The number of hydrogen-bond donors (Lipinski definition) is 2. The van der Waals surface area contributed by atoms with E-state index in [0.29, 0.717) is 6.04 Å². The number of aromatic nitrogens is 3. The summed E-state index contributed by atoms with van der Waals surface area (Å²) in [5.74, 6) is 1.77. The lowest BCUT2D eigenvalue weighted by atomic mass is 9.95. The van der Waals surface area contributed by atoms with Gasteiger partial charge < -0.3 is 5.32 Å². The molecule has 2 N–H and O–H groups in total. The van der Waals surface area contributed by atoms with Gasteiger partial charge >= 0.3 is 0 Å². The Morgan fingerprint density at radius 3 is 2.35 bits per heavy atom. The van der Waals surface area contributed by atoms with E-state index in [0.717, 1.165) is 16.7 Å². The van der Waals surface area contributed by atoms with Gasteiger partial charge in [-0.25, -0.2) is 4.98 Å². The maximum atomic E-state index is 4.34. The summed E-state index contributed by atoms with van der Waals surface area (Å²) in [6, 6.07) is 4.79. The van der Waals surface area contributed by atoms with Crippen LogP contribution in [0.25, 0.3) is 0 Å². The zero-order valence-electron chi connectivity index (χ0n) is 12.7. The van der Waals surface area contributed by atoms with E-state index < -0.39 is 0 Å². The van der Waals surface area contributed by atoms with Gasteiger partial charge in [-0.15, -0.1) is 5.10 Å². The summed E-state index contributed by atoms with van der Waals surface area (Å²) < 4.78 is 0. The van der Waals surface area contributed by atoms with Crippen LogP contribution in [0.15, 0.2) is 17.3 Å². The molecule has 2 aromatic rings. The van der Waals surface area contributed by atoms with E-state index in [2.05, 4.69) is 53.4 Å². The predicted octanol–water partition coefficient (Wildman–Crippen LogP) is 3.09. The van der Waals surface area contributed by atoms with Crippen molar-refractivity contribution in [1.82, 2.24) is 20.5 Å². The molecular weight excluding hydrogens is 268 g/mol. The molecule has 108 valence electrons. The summed E-state index contributed by atoms with van der Waals surface area (Å²) in [6.07, 6.45) is 0. The van der Waals surface area contributed by atoms with Crippen molar-refractivity contribution in [3.63, 3.8) is 0 Å². The highest BCUT2D eigenvalue weighted by atomic mass is 32.2. The molecule has 20 heavy (non-hydrogen) atoms. The quantitative estimate of drug-likeness (QED) is 0.831. The minimum atomic E-state index is 0.305. The summed E-state index contributed by atoms with van der Waals surface area (Å²) in [4.78, 5) is 4.34. The van der Waals surface area contributed by atoms with Crippen LogP contribution < -0.4 is 5.32 Å². The summed E-state index contributed by atoms with van der Waals surface area (Å²) >= 11 is 1.67. The molecule has 2 rings (SSSR count). The highest BCUT2D eigenvalue weighted by Gasteiger charge is 2.16. The van der Waals surface area contributed by atoms with Crippen LogP contribution in [0.5, 0.6) is 0 Å². The zero-order chi connectivity index (χ0) is 14.7. The van der Waals surface area contributed by atoms with Crippen LogP contribution in [0.2, 0.25) is 0 Å². The van der Waals surface area contributed by atoms with Crippen molar-refractivity contribution in [1.29, 1.82) is 0 Å². The van der Waals surface area contributed by atoms with Gasteiger partial charge in [-0.3, -0.25) is 5.10 Å². The number of hydrogen-bond acceptors (Lipinski definition) is 4. The topological polar surface area (TPSA) is 53.6 Å². The van der Waals surface area contributed by atoms with Crippen molar-refractivity contribution in [2.45, 2.75) is 38.9 Å². The second-order valence-corrected chi connectivity index (χ2v) is 6.16. The number of thioether (sulfide) groups is 1. The molecule has 1 unspecified atom stereocenters. The Kier molecular flexibility index (Phi) is 4.83. The van der Waals surface area contributed by atoms with Crippen molar-refractivity contribution in [2.75, 3.05) is 12.8 Å². The first-order chi connectivity index (χ1) is 9.51. The third-order valence-corrected chi connectivity index (χ3v) is 4.33. The van der Waals surface area contributed by atoms with Crippen LogP contribution in [0, 0.1) is 27.7 Å². The maximum Gasteiger partial charge on any atom is 0.208 e. The normalized spacial score (nSPS) is 12.7. The fourth-order valence-electron chi connectivity index (χ4n) is 2.60. The minimum absolute atomic E-state index is 0.305.